The molecule has 2 heterocycles. The fraction of sp³-hybridized carbons (Fsp3) is 0.250. The highest BCUT2D eigenvalue weighted by atomic mass is 35.5. The molecule has 0 radical (unpaired) electrons. The first-order valence-electron chi connectivity index (χ1n) is 4.47. The number of hydrogen-bond donors (Lipinski definition) is 0. The summed E-state index contributed by atoms with van der Waals surface area (Å²) in [5, 5.41) is 0. The summed E-state index contributed by atoms with van der Waals surface area (Å²) in [6.07, 6.45) is 0. The molecule has 0 fully saturated rings. The molecule has 0 saturated carbocycles. The number of halogens is 3. The monoisotopic (exact) mass is 379 g/mol. The predicted molar refractivity (Wildman–Crippen MR) is 84.7 cm³/mol. The smallest absolute Gasteiger partial charge is 0.268 e. The summed E-state index contributed by atoms with van der Waals surface area (Å²) in [7, 11) is 4.38. The Morgan fingerprint density at radius 1 is 0.889 bits per heavy atom. The van der Waals surface area contributed by atoms with Crippen LogP contribution >= 0.6 is 76.2 Å². The van der Waals surface area contributed by atoms with Crippen LogP contribution in [0.25, 0.3) is 0 Å². The molecule has 0 bridgehead atoms. The van der Waals surface area contributed by atoms with Crippen LogP contribution in [0.1, 0.15) is 0 Å². The maximum absolute atomic E-state index is 11.8. The molecule has 0 aliphatic heterocycles. The summed E-state index contributed by atoms with van der Waals surface area (Å²) in [4.78, 5) is 25.1. The maximum Gasteiger partial charge on any atom is 0.268 e. The summed E-state index contributed by atoms with van der Waals surface area (Å²) >= 11 is 17.7. The predicted octanol–water partition coefficient (Wildman–Crippen LogP) is 4.34. The minimum atomic E-state index is -0.193. The summed E-state index contributed by atoms with van der Waals surface area (Å²) in [5.41, 5.74) is 0.578. The number of alkyl halides is 1. The van der Waals surface area contributed by atoms with Crippen LogP contribution in [0.4, 0.5) is 11.4 Å². The third-order valence-corrected chi connectivity index (χ3v) is 7.47. The molecule has 0 atom stereocenters. The molecule has 18 heavy (non-hydrogen) atoms. The molecule has 0 spiro atoms. The first-order valence-corrected chi connectivity index (χ1v) is 10.1. The van der Waals surface area contributed by atoms with Gasteiger partial charge in [0, 0.05) is 12.4 Å². The van der Waals surface area contributed by atoms with E-state index in [1.807, 2.05) is 0 Å². The second kappa shape index (κ2) is 6.21. The van der Waals surface area contributed by atoms with Crippen LogP contribution in [-0.2, 0) is 0 Å². The van der Waals surface area contributed by atoms with Gasteiger partial charge in [0.15, 0.2) is 0 Å². The van der Waals surface area contributed by atoms with Crippen molar-refractivity contribution in [2.45, 2.75) is 0 Å². The van der Waals surface area contributed by atoms with E-state index in [1.165, 1.54) is 25.6 Å². The quantitative estimate of drug-likeness (QED) is 0.585. The van der Waals surface area contributed by atoms with Gasteiger partial charge in [-0.2, -0.15) is 0 Å². The molecule has 10 heteroatoms. The number of hydrogen-bond acceptors (Lipinski definition) is 7. The SMILES string of the molecule is O=c1ssc(Cl)c1N(CCCl)c1c(Cl)ssc1=O. The number of rotatable bonds is 4. The van der Waals surface area contributed by atoms with Gasteiger partial charge in [-0.25, -0.2) is 0 Å². The minimum Gasteiger partial charge on any atom is -0.329 e. The summed E-state index contributed by atoms with van der Waals surface area (Å²) in [6.45, 7) is 0.304. The number of nitrogens with zero attached hydrogens (tertiary/aromatic N) is 1. The van der Waals surface area contributed by atoms with E-state index in [0.717, 1.165) is 20.7 Å². The van der Waals surface area contributed by atoms with Gasteiger partial charge in [0.25, 0.3) is 9.48 Å². The van der Waals surface area contributed by atoms with Crippen molar-refractivity contribution >= 4 is 87.5 Å². The van der Waals surface area contributed by atoms with Gasteiger partial charge in [0.2, 0.25) is 0 Å². The Hall–Kier alpha value is 0.370. The van der Waals surface area contributed by atoms with Crippen LogP contribution in [0.2, 0.25) is 8.67 Å². The first-order chi connectivity index (χ1) is 8.56. The van der Waals surface area contributed by atoms with Gasteiger partial charge in [-0.1, -0.05) is 43.9 Å². The van der Waals surface area contributed by atoms with Gasteiger partial charge >= 0.3 is 0 Å². The van der Waals surface area contributed by atoms with E-state index < -0.39 is 0 Å². The van der Waals surface area contributed by atoms with Crippen molar-refractivity contribution in [2.24, 2.45) is 0 Å². The topological polar surface area (TPSA) is 37.4 Å². The standard InChI is InChI=1S/C8H4Cl3NO2S4/c9-1-2-12(3-5(10)15-17-7(3)13)4-6(11)16-18-8(4)14/h1-2H2. The second-order valence-corrected chi connectivity index (χ2v) is 8.80. The van der Waals surface area contributed by atoms with Crippen molar-refractivity contribution in [3.8, 4) is 0 Å². The summed E-state index contributed by atoms with van der Waals surface area (Å²) in [6, 6.07) is 0. The average Bonchev–Trinajstić information content (AvgIpc) is 2.82. The van der Waals surface area contributed by atoms with Crippen molar-refractivity contribution in [3.63, 3.8) is 0 Å². The molecule has 0 amide bonds. The van der Waals surface area contributed by atoms with E-state index in [1.54, 1.807) is 0 Å². The van der Waals surface area contributed by atoms with Gasteiger partial charge in [-0.05, 0) is 20.7 Å². The molecule has 0 N–H and O–H groups in total. The Balaban J connectivity index is 2.61. The van der Waals surface area contributed by atoms with Crippen molar-refractivity contribution < 1.29 is 0 Å². The van der Waals surface area contributed by atoms with Gasteiger partial charge < -0.3 is 4.90 Å². The van der Waals surface area contributed by atoms with E-state index in [9.17, 15) is 9.59 Å². The first kappa shape index (κ1) is 14.8. The molecule has 0 unspecified atom stereocenters. The Bertz CT molecular complexity index is 604. The molecule has 2 aromatic rings. The van der Waals surface area contributed by atoms with Crippen LogP contribution in [0, 0.1) is 0 Å². The zero-order valence-corrected chi connectivity index (χ0v) is 14.0. The van der Waals surface area contributed by atoms with Crippen molar-refractivity contribution in [1.82, 2.24) is 0 Å². The molecule has 2 aromatic heterocycles. The third-order valence-electron chi connectivity index (χ3n) is 1.99. The molecule has 2 rings (SSSR count). The molecule has 0 aliphatic rings. The zero-order chi connectivity index (χ0) is 13.3. The van der Waals surface area contributed by atoms with Gasteiger partial charge in [0.05, 0.1) is 0 Å². The fourth-order valence-corrected chi connectivity index (χ4v) is 5.96. The van der Waals surface area contributed by atoms with Crippen LogP contribution in [0.5, 0.6) is 0 Å². The minimum absolute atomic E-state index is 0.193. The lowest BCUT2D eigenvalue weighted by atomic mass is 10.4. The Morgan fingerprint density at radius 3 is 1.61 bits per heavy atom. The molecule has 0 aliphatic carbocycles. The van der Waals surface area contributed by atoms with Crippen LogP contribution in [0.3, 0.4) is 0 Å². The molecule has 98 valence electrons. The highest BCUT2D eigenvalue weighted by molar-refractivity contribution is 7.70. The molecule has 0 saturated heterocycles. The second-order valence-electron chi connectivity index (χ2n) is 2.99. The Labute approximate surface area is 132 Å². The third kappa shape index (κ3) is 2.77. The number of anilines is 2. The fourth-order valence-electron chi connectivity index (χ4n) is 1.32. The molecular formula is C8H4Cl3NO2S4. The van der Waals surface area contributed by atoms with E-state index in [0.29, 0.717) is 15.2 Å². The summed E-state index contributed by atoms with van der Waals surface area (Å²) < 4.78 is 0.312. The van der Waals surface area contributed by atoms with E-state index >= 15 is 0 Å². The molecular weight excluding hydrogens is 377 g/mol. The van der Waals surface area contributed by atoms with E-state index in [4.69, 9.17) is 34.8 Å². The highest BCUT2D eigenvalue weighted by Gasteiger charge is 2.24. The van der Waals surface area contributed by atoms with Crippen molar-refractivity contribution in [1.29, 1.82) is 0 Å². The van der Waals surface area contributed by atoms with Crippen LogP contribution in [-0.4, -0.2) is 12.4 Å². The Kier molecular flexibility index (Phi) is 5.10. The van der Waals surface area contributed by atoms with Gasteiger partial charge in [-0.3, -0.25) is 9.59 Å². The molecule has 0 aromatic carbocycles. The lowest BCUT2D eigenvalue weighted by molar-refractivity contribution is 1.03. The Morgan fingerprint density at radius 2 is 1.33 bits per heavy atom. The maximum atomic E-state index is 11.8. The largest absolute Gasteiger partial charge is 0.329 e. The lowest BCUT2D eigenvalue weighted by Gasteiger charge is -2.19. The average molecular weight is 381 g/mol. The highest BCUT2D eigenvalue weighted by Crippen LogP contribution is 2.38. The van der Waals surface area contributed by atoms with E-state index in [-0.39, 0.29) is 26.7 Å². The van der Waals surface area contributed by atoms with Crippen molar-refractivity contribution in [3.05, 3.63) is 27.7 Å². The zero-order valence-electron chi connectivity index (χ0n) is 8.44. The van der Waals surface area contributed by atoms with Crippen molar-refractivity contribution in [2.75, 3.05) is 17.3 Å². The van der Waals surface area contributed by atoms with Crippen LogP contribution < -0.4 is 14.4 Å². The summed E-state index contributed by atoms with van der Waals surface area (Å²) in [5.74, 6) is 0.257. The lowest BCUT2D eigenvalue weighted by Crippen LogP contribution is -2.26. The van der Waals surface area contributed by atoms with Gasteiger partial charge in [-0.15, -0.1) is 11.6 Å². The molecule has 3 nitrogen and oxygen atoms in total. The normalized spacial score (nSPS) is 10.8. The van der Waals surface area contributed by atoms with Crippen LogP contribution in [0.15, 0.2) is 9.59 Å². The van der Waals surface area contributed by atoms with E-state index in [2.05, 4.69) is 0 Å². The van der Waals surface area contributed by atoms with Gasteiger partial charge in [0.1, 0.15) is 20.0 Å².